The second-order valence-electron chi connectivity index (χ2n) is 10.7. The van der Waals surface area contributed by atoms with Crippen molar-refractivity contribution in [2.24, 2.45) is 17.3 Å². The molecule has 1 heterocycles. The molecule has 2 rings (SSSR count). The number of hydrogen-bond donors (Lipinski definition) is 0. The third-order valence-corrected chi connectivity index (χ3v) is 8.00. The molecule has 1 saturated carbocycles. The van der Waals surface area contributed by atoms with E-state index in [9.17, 15) is 9.59 Å². The van der Waals surface area contributed by atoms with Gasteiger partial charge in [-0.3, -0.25) is 9.59 Å². The lowest BCUT2D eigenvalue weighted by Crippen LogP contribution is -2.31. The molecule has 34 heavy (non-hydrogen) atoms. The van der Waals surface area contributed by atoms with Crippen molar-refractivity contribution in [3.63, 3.8) is 0 Å². The van der Waals surface area contributed by atoms with E-state index in [-0.39, 0.29) is 46.8 Å². The number of unbranched alkanes of at least 4 members (excludes halogenated alkanes) is 4. The van der Waals surface area contributed by atoms with Crippen LogP contribution in [0.1, 0.15) is 104 Å². The number of alkyl halides is 1. The van der Waals surface area contributed by atoms with Crippen molar-refractivity contribution < 1.29 is 23.8 Å². The van der Waals surface area contributed by atoms with Gasteiger partial charge in [-0.2, -0.15) is 0 Å². The SMILES string of the molecule is CCCCC(C)(C)C(=O)/C=C/[C@@H]1[C@@H](CCCCCCC(=O)OC)[C@H](Cl)C[C@H]1OC1CCCCO1. The fourth-order valence-corrected chi connectivity index (χ4v) is 5.61. The number of esters is 1. The van der Waals surface area contributed by atoms with Crippen molar-refractivity contribution in [2.45, 2.75) is 122 Å². The summed E-state index contributed by atoms with van der Waals surface area (Å²) < 4.78 is 17.0. The summed E-state index contributed by atoms with van der Waals surface area (Å²) in [6.07, 6.45) is 16.2. The van der Waals surface area contributed by atoms with Crippen molar-refractivity contribution in [3.05, 3.63) is 12.2 Å². The molecule has 0 N–H and O–H groups in total. The first kappa shape index (κ1) is 29.3. The molecule has 2 aliphatic rings. The van der Waals surface area contributed by atoms with Gasteiger partial charge in [-0.05, 0) is 56.9 Å². The number of ether oxygens (including phenoxy) is 3. The Hall–Kier alpha value is -0.910. The molecule has 0 aromatic rings. The lowest BCUT2D eigenvalue weighted by Gasteiger charge is -2.29. The highest BCUT2D eigenvalue weighted by atomic mass is 35.5. The quantitative estimate of drug-likeness (QED) is 0.105. The first-order chi connectivity index (χ1) is 16.3. The summed E-state index contributed by atoms with van der Waals surface area (Å²) in [4.78, 5) is 24.3. The largest absolute Gasteiger partial charge is 0.469 e. The minimum atomic E-state index is -0.344. The molecular weight excluding hydrogens is 452 g/mol. The van der Waals surface area contributed by atoms with Gasteiger partial charge >= 0.3 is 5.97 Å². The van der Waals surface area contributed by atoms with Crippen LogP contribution in [0.3, 0.4) is 0 Å². The van der Waals surface area contributed by atoms with Crippen LogP contribution in [-0.4, -0.2) is 43.2 Å². The van der Waals surface area contributed by atoms with Crippen LogP contribution >= 0.6 is 11.6 Å². The minimum Gasteiger partial charge on any atom is -0.469 e. The first-order valence-electron chi connectivity index (χ1n) is 13.5. The van der Waals surface area contributed by atoms with Gasteiger partial charge in [0.2, 0.25) is 0 Å². The average Bonchev–Trinajstić information content (AvgIpc) is 3.12. The molecule has 1 saturated heterocycles. The third-order valence-electron chi connectivity index (χ3n) is 7.50. The molecule has 5 atom stereocenters. The molecule has 0 aromatic heterocycles. The smallest absolute Gasteiger partial charge is 0.305 e. The number of rotatable bonds is 15. The number of ketones is 1. The molecule has 0 spiro atoms. The zero-order valence-corrected chi connectivity index (χ0v) is 22.6. The van der Waals surface area contributed by atoms with E-state index in [0.29, 0.717) is 6.42 Å². The zero-order chi connectivity index (χ0) is 25.0. The average molecular weight is 499 g/mol. The first-order valence-corrected chi connectivity index (χ1v) is 13.9. The highest BCUT2D eigenvalue weighted by Gasteiger charge is 2.42. The van der Waals surface area contributed by atoms with E-state index in [0.717, 1.165) is 83.7 Å². The molecule has 196 valence electrons. The fourth-order valence-electron chi connectivity index (χ4n) is 5.14. The van der Waals surface area contributed by atoms with E-state index >= 15 is 0 Å². The Kier molecular flexibility index (Phi) is 13.2. The minimum absolute atomic E-state index is 0.0160. The van der Waals surface area contributed by atoms with Gasteiger partial charge < -0.3 is 14.2 Å². The van der Waals surface area contributed by atoms with Gasteiger partial charge in [0, 0.05) is 29.7 Å². The second kappa shape index (κ2) is 15.3. The predicted octanol–water partition coefficient (Wildman–Crippen LogP) is 7.00. The van der Waals surface area contributed by atoms with Crippen LogP contribution < -0.4 is 0 Å². The number of hydrogen-bond acceptors (Lipinski definition) is 5. The molecule has 0 bridgehead atoms. The van der Waals surface area contributed by atoms with Crippen molar-refractivity contribution in [2.75, 3.05) is 13.7 Å². The van der Waals surface area contributed by atoms with E-state index in [1.807, 2.05) is 13.8 Å². The standard InChI is InChI=1S/C28H47ClO5/c1-5-6-18-28(2,3)25(30)17-16-22-21(13-9-7-8-10-14-26(31)32-4)23(29)20-24(22)34-27-15-11-12-19-33-27/h16-17,21-24,27H,5-15,18-20H2,1-4H3/b17-16+/t21-,22-,23-,24-,27?/m1/s1. The molecule has 6 heteroatoms. The summed E-state index contributed by atoms with van der Waals surface area (Å²) in [5.74, 6) is 0.444. The van der Waals surface area contributed by atoms with Crippen molar-refractivity contribution in [1.82, 2.24) is 0 Å². The maximum absolute atomic E-state index is 13.0. The molecule has 1 aliphatic carbocycles. The molecule has 0 radical (unpaired) electrons. The summed E-state index contributed by atoms with van der Waals surface area (Å²) in [6.45, 7) is 7.00. The Morgan fingerprint density at radius 1 is 1.12 bits per heavy atom. The van der Waals surface area contributed by atoms with Crippen LogP contribution in [0.4, 0.5) is 0 Å². The number of carbonyl (C=O) groups excluding carboxylic acids is 2. The van der Waals surface area contributed by atoms with Gasteiger partial charge in [0.25, 0.3) is 0 Å². The van der Waals surface area contributed by atoms with E-state index in [1.165, 1.54) is 7.11 Å². The lowest BCUT2D eigenvalue weighted by atomic mass is 9.81. The van der Waals surface area contributed by atoms with Gasteiger partial charge in [0.15, 0.2) is 12.1 Å². The summed E-state index contributed by atoms with van der Waals surface area (Å²) in [5, 5.41) is 0.0292. The molecule has 0 amide bonds. The summed E-state index contributed by atoms with van der Waals surface area (Å²) in [7, 11) is 1.43. The highest BCUT2D eigenvalue weighted by Crippen LogP contribution is 2.43. The van der Waals surface area contributed by atoms with Gasteiger partial charge in [-0.25, -0.2) is 0 Å². The Balaban J connectivity index is 1.99. The molecule has 5 nitrogen and oxygen atoms in total. The van der Waals surface area contributed by atoms with E-state index in [2.05, 4.69) is 13.0 Å². The van der Waals surface area contributed by atoms with Crippen LogP contribution in [0.25, 0.3) is 0 Å². The number of allylic oxidation sites excluding steroid dienone is 1. The Labute approximate surface area is 212 Å². The molecule has 1 unspecified atom stereocenters. The van der Waals surface area contributed by atoms with Gasteiger partial charge in [-0.1, -0.05) is 59.0 Å². The van der Waals surface area contributed by atoms with Crippen molar-refractivity contribution in [3.8, 4) is 0 Å². The molecule has 0 aromatic carbocycles. The van der Waals surface area contributed by atoms with Gasteiger partial charge in [0.1, 0.15) is 0 Å². The van der Waals surface area contributed by atoms with Crippen molar-refractivity contribution in [1.29, 1.82) is 0 Å². The van der Waals surface area contributed by atoms with E-state index < -0.39 is 0 Å². The van der Waals surface area contributed by atoms with Crippen LogP contribution in [-0.2, 0) is 23.8 Å². The third kappa shape index (κ3) is 9.62. The van der Waals surface area contributed by atoms with Crippen LogP contribution in [0.2, 0.25) is 0 Å². The number of methoxy groups -OCH3 is 1. The lowest BCUT2D eigenvalue weighted by molar-refractivity contribution is -0.192. The van der Waals surface area contributed by atoms with Crippen LogP contribution in [0.5, 0.6) is 0 Å². The molecule has 1 aliphatic heterocycles. The predicted molar refractivity (Wildman–Crippen MR) is 137 cm³/mol. The summed E-state index contributed by atoms with van der Waals surface area (Å²) in [5.41, 5.74) is -0.344. The Morgan fingerprint density at radius 2 is 1.88 bits per heavy atom. The second-order valence-corrected chi connectivity index (χ2v) is 11.3. The normalized spacial score (nSPS) is 27.9. The molecule has 2 fully saturated rings. The summed E-state index contributed by atoms with van der Waals surface area (Å²) >= 11 is 6.86. The Morgan fingerprint density at radius 3 is 2.56 bits per heavy atom. The summed E-state index contributed by atoms with van der Waals surface area (Å²) in [6, 6.07) is 0. The van der Waals surface area contributed by atoms with E-state index in [1.54, 1.807) is 6.08 Å². The zero-order valence-electron chi connectivity index (χ0n) is 21.9. The van der Waals surface area contributed by atoms with Crippen molar-refractivity contribution >= 4 is 23.4 Å². The highest BCUT2D eigenvalue weighted by molar-refractivity contribution is 6.21. The maximum Gasteiger partial charge on any atom is 0.305 e. The number of halogens is 1. The van der Waals surface area contributed by atoms with E-state index in [4.69, 9.17) is 25.8 Å². The van der Waals surface area contributed by atoms with Crippen LogP contribution in [0.15, 0.2) is 12.2 Å². The maximum atomic E-state index is 13.0. The topological polar surface area (TPSA) is 61.8 Å². The fraction of sp³-hybridized carbons (Fsp3) is 0.857. The number of carbonyl (C=O) groups is 2. The Bertz CT molecular complexity index is 641. The van der Waals surface area contributed by atoms with Gasteiger partial charge in [0.05, 0.1) is 13.2 Å². The van der Waals surface area contributed by atoms with Gasteiger partial charge in [-0.15, -0.1) is 11.6 Å². The van der Waals surface area contributed by atoms with Crippen LogP contribution in [0, 0.1) is 17.3 Å². The monoisotopic (exact) mass is 498 g/mol. The molecular formula is C28H47ClO5.